The second-order valence-corrected chi connectivity index (χ2v) is 5.57. The fraction of sp³-hybridized carbons (Fsp3) is 0.375. The number of thiophene rings is 1. The Morgan fingerprint density at radius 3 is 2.58 bits per heavy atom. The van der Waals surface area contributed by atoms with E-state index in [0.717, 1.165) is 18.6 Å². The molecule has 1 heterocycles. The number of ether oxygens (including phenoxy) is 1. The predicted molar refractivity (Wildman–Crippen MR) is 81.9 cm³/mol. The predicted octanol–water partition coefficient (Wildman–Crippen LogP) is 3.87. The number of nitrogens with one attached hydrogen (secondary N) is 1. The summed E-state index contributed by atoms with van der Waals surface area (Å²) in [6.45, 7) is 2.86. The third-order valence-corrected chi connectivity index (χ3v) is 4.00. The van der Waals surface area contributed by atoms with Crippen molar-refractivity contribution in [3.8, 4) is 5.75 Å². The van der Waals surface area contributed by atoms with Crippen LogP contribution < -0.4 is 10.1 Å². The quantitative estimate of drug-likeness (QED) is 0.828. The first-order valence-electron chi connectivity index (χ1n) is 6.68. The van der Waals surface area contributed by atoms with Crippen LogP contribution >= 0.6 is 11.3 Å². The Kier molecular flexibility index (Phi) is 5.43. The number of rotatable bonds is 7. The first-order valence-corrected chi connectivity index (χ1v) is 7.62. The summed E-state index contributed by atoms with van der Waals surface area (Å²) in [6.07, 6.45) is 2.26. The molecule has 19 heavy (non-hydrogen) atoms. The lowest BCUT2D eigenvalue weighted by atomic mass is 10.1. The summed E-state index contributed by atoms with van der Waals surface area (Å²) in [5, 5.41) is 7.45. The van der Waals surface area contributed by atoms with Gasteiger partial charge in [-0.15, -0.1) is 0 Å². The van der Waals surface area contributed by atoms with Gasteiger partial charge in [0.05, 0.1) is 0 Å². The zero-order valence-electron chi connectivity index (χ0n) is 11.6. The smallest absolute Gasteiger partial charge is 0.119 e. The molecule has 0 aliphatic carbocycles. The molecular formula is C16H21NOS. The van der Waals surface area contributed by atoms with Gasteiger partial charge in [0.15, 0.2) is 0 Å². The van der Waals surface area contributed by atoms with Crippen molar-refractivity contribution in [3.05, 3.63) is 52.2 Å². The normalized spacial score (nSPS) is 12.3. The van der Waals surface area contributed by atoms with E-state index in [0.29, 0.717) is 12.6 Å². The van der Waals surface area contributed by atoms with E-state index in [1.165, 1.54) is 11.1 Å². The Balaban J connectivity index is 1.81. The third kappa shape index (κ3) is 4.69. The van der Waals surface area contributed by atoms with Crippen molar-refractivity contribution in [2.75, 3.05) is 7.05 Å². The van der Waals surface area contributed by atoms with Gasteiger partial charge in [-0.1, -0.05) is 12.1 Å². The van der Waals surface area contributed by atoms with Crippen molar-refractivity contribution in [2.24, 2.45) is 0 Å². The number of benzene rings is 1. The monoisotopic (exact) mass is 275 g/mol. The van der Waals surface area contributed by atoms with Crippen molar-refractivity contribution < 1.29 is 4.74 Å². The Morgan fingerprint density at radius 2 is 1.95 bits per heavy atom. The molecule has 1 N–H and O–H groups in total. The lowest BCUT2D eigenvalue weighted by molar-refractivity contribution is 0.306. The highest BCUT2D eigenvalue weighted by atomic mass is 32.1. The van der Waals surface area contributed by atoms with Crippen LogP contribution in [0.2, 0.25) is 0 Å². The summed E-state index contributed by atoms with van der Waals surface area (Å²) in [6, 6.07) is 11.1. The molecule has 1 aromatic carbocycles. The van der Waals surface area contributed by atoms with Gasteiger partial charge >= 0.3 is 0 Å². The van der Waals surface area contributed by atoms with E-state index in [1.807, 2.05) is 7.05 Å². The molecule has 3 heteroatoms. The van der Waals surface area contributed by atoms with E-state index >= 15 is 0 Å². The average molecular weight is 275 g/mol. The minimum atomic E-state index is 0.564. The molecule has 0 spiro atoms. The number of hydrogen-bond donors (Lipinski definition) is 1. The molecule has 1 aromatic heterocycles. The van der Waals surface area contributed by atoms with Crippen LogP contribution in [-0.4, -0.2) is 13.1 Å². The van der Waals surface area contributed by atoms with Crippen molar-refractivity contribution in [1.82, 2.24) is 5.32 Å². The lowest BCUT2D eigenvalue weighted by Crippen LogP contribution is -2.21. The maximum atomic E-state index is 5.75. The van der Waals surface area contributed by atoms with Gasteiger partial charge in [0.1, 0.15) is 12.4 Å². The SMILES string of the molecule is CNC(C)CCc1ccc(OCc2ccsc2)cc1. The molecule has 0 amide bonds. The molecule has 0 bridgehead atoms. The average Bonchev–Trinajstić information content (AvgIpc) is 2.97. The van der Waals surface area contributed by atoms with E-state index in [-0.39, 0.29) is 0 Å². The summed E-state index contributed by atoms with van der Waals surface area (Å²) < 4.78 is 5.75. The van der Waals surface area contributed by atoms with Crippen molar-refractivity contribution in [3.63, 3.8) is 0 Å². The van der Waals surface area contributed by atoms with Crippen LogP contribution in [0.1, 0.15) is 24.5 Å². The second-order valence-electron chi connectivity index (χ2n) is 4.79. The van der Waals surface area contributed by atoms with Crippen molar-refractivity contribution in [1.29, 1.82) is 0 Å². The highest BCUT2D eigenvalue weighted by Crippen LogP contribution is 2.16. The Hall–Kier alpha value is -1.32. The summed E-state index contributed by atoms with van der Waals surface area (Å²) in [5.41, 5.74) is 2.60. The van der Waals surface area contributed by atoms with Gasteiger partial charge in [0.25, 0.3) is 0 Å². The topological polar surface area (TPSA) is 21.3 Å². The standard InChI is InChI=1S/C16H21NOS/c1-13(17-2)3-4-14-5-7-16(8-6-14)18-11-15-9-10-19-12-15/h5-10,12-13,17H,3-4,11H2,1-2H3. The van der Waals surface area contributed by atoms with E-state index in [9.17, 15) is 0 Å². The Labute approximate surface area is 119 Å². The third-order valence-electron chi connectivity index (χ3n) is 3.27. The minimum absolute atomic E-state index is 0.564. The molecule has 0 aliphatic rings. The molecule has 2 aromatic rings. The molecule has 2 rings (SSSR count). The van der Waals surface area contributed by atoms with Gasteiger partial charge < -0.3 is 10.1 Å². The van der Waals surface area contributed by atoms with Crippen LogP contribution in [0.4, 0.5) is 0 Å². The second kappa shape index (κ2) is 7.31. The van der Waals surface area contributed by atoms with Gasteiger partial charge in [0, 0.05) is 6.04 Å². The summed E-state index contributed by atoms with van der Waals surface area (Å²) in [4.78, 5) is 0. The van der Waals surface area contributed by atoms with Crippen LogP contribution in [0.25, 0.3) is 0 Å². The number of aryl methyl sites for hydroxylation is 1. The molecule has 0 saturated heterocycles. The minimum Gasteiger partial charge on any atom is -0.489 e. The molecule has 0 saturated carbocycles. The van der Waals surface area contributed by atoms with E-state index < -0.39 is 0 Å². The van der Waals surface area contributed by atoms with Crippen LogP contribution in [0.15, 0.2) is 41.1 Å². The molecule has 1 unspecified atom stereocenters. The van der Waals surface area contributed by atoms with Crippen LogP contribution in [0.3, 0.4) is 0 Å². The van der Waals surface area contributed by atoms with Gasteiger partial charge in [-0.05, 0) is 66.9 Å². The van der Waals surface area contributed by atoms with E-state index in [4.69, 9.17) is 4.74 Å². The van der Waals surface area contributed by atoms with Gasteiger partial charge in [-0.2, -0.15) is 11.3 Å². The first-order chi connectivity index (χ1) is 9.28. The first kappa shape index (κ1) is 14.1. The van der Waals surface area contributed by atoms with Crippen LogP contribution in [-0.2, 0) is 13.0 Å². The summed E-state index contributed by atoms with van der Waals surface area (Å²) in [5.74, 6) is 0.941. The molecule has 0 radical (unpaired) electrons. The van der Waals surface area contributed by atoms with Gasteiger partial charge in [-0.25, -0.2) is 0 Å². The maximum Gasteiger partial charge on any atom is 0.119 e. The zero-order valence-corrected chi connectivity index (χ0v) is 12.4. The van der Waals surface area contributed by atoms with Gasteiger partial charge in [-0.3, -0.25) is 0 Å². The lowest BCUT2D eigenvalue weighted by Gasteiger charge is -2.10. The Bertz CT molecular complexity index is 464. The van der Waals surface area contributed by atoms with Crippen molar-refractivity contribution >= 4 is 11.3 Å². The highest BCUT2D eigenvalue weighted by Gasteiger charge is 2.01. The zero-order chi connectivity index (χ0) is 13.5. The van der Waals surface area contributed by atoms with Crippen LogP contribution in [0.5, 0.6) is 5.75 Å². The maximum absolute atomic E-state index is 5.75. The van der Waals surface area contributed by atoms with Crippen LogP contribution in [0, 0.1) is 0 Å². The van der Waals surface area contributed by atoms with Gasteiger partial charge in [0.2, 0.25) is 0 Å². The summed E-state index contributed by atoms with van der Waals surface area (Å²) >= 11 is 1.70. The Morgan fingerprint density at radius 1 is 1.16 bits per heavy atom. The molecule has 2 nitrogen and oxygen atoms in total. The fourth-order valence-electron chi connectivity index (χ4n) is 1.82. The summed E-state index contributed by atoms with van der Waals surface area (Å²) in [7, 11) is 2.01. The molecule has 0 fully saturated rings. The molecular weight excluding hydrogens is 254 g/mol. The molecule has 0 aliphatic heterocycles. The van der Waals surface area contributed by atoms with E-state index in [2.05, 4.69) is 53.3 Å². The highest BCUT2D eigenvalue weighted by molar-refractivity contribution is 7.07. The van der Waals surface area contributed by atoms with Crippen molar-refractivity contribution in [2.45, 2.75) is 32.4 Å². The molecule has 102 valence electrons. The fourth-order valence-corrected chi connectivity index (χ4v) is 2.47. The number of hydrogen-bond acceptors (Lipinski definition) is 3. The molecule has 1 atom stereocenters. The largest absolute Gasteiger partial charge is 0.489 e. The van der Waals surface area contributed by atoms with E-state index in [1.54, 1.807) is 11.3 Å².